The van der Waals surface area contributed by atoms with E-state index < -0.39 is 0 Å². The molecule has 1 atom stereocenters. The van der Waals surface area contributed by atoms with Gasteiger partial charge in [0.2, 0.25) is 0 Å². The van der Waals surface area contributed by atoms with Crippen LogP contribution in [0.25, 0.3) is 0 Å². The quantitative estimate of drug-likeness (QED) is 0.665. The van der Waals surface area contributed by atoms with Gasteiger partial charge in [-0.1, -0.05) is 6.92 Å². The topological polar surface area (TPSA) is 32.5 Å². The zero-order valence-electron chi connectivity index (χ0n) is 9.00. The lowest BCUT2D eigenvalue weighted by Crippen LogP contribution is -2.34. The Bertz CT molecular complexity index is 136. The third kappa shape index (κ3) is 3.63. The SMILES string of the molecule is CCN(CCN)C[C@H]1CCN(C)C1. The normalized spacial score (nSPS) is 24.5. The molecule has 13 heavy (non-hydrogen) atoms. The zero-order valence-corrected chi connectivity index (χ0v) is 9.00. The molecule has 78 valence electrons. The first kappa shape index (κ1) is 11.0. The van der Waals surface area contributed by atoms with Gasteiger partial charge in [-0.3, -0.25) is 0 Å². The Morgan fingerprint density at radius 2 is 2.31 bits per heavy atom. The molecule has 0 aromatic rings. The summed E-state index contributed by atoms with van der Waals surface area (Å²) < 4.78 is 0. The van der Waals surface area contributed by atoms with E-state index in [-0.39, 0.29) is 0 Å². The molecular weight excluding hydrogens is 162 g/mol. The van der Waals surface area contributed by atoms with Gasteiger partial charge in [0.1, 0.15) is 0 Å². The second kappa shape index (κ2) is 5.58. The first-order chi connectivity index (χ1) is 6.26. The van der Waals surface area contributed by atoms with Crippen LogP contribution in [0.4, 0.5) is 0 Å². The smallest absolute Gasteiger partial charge is 0.0105 e. The molecule has 1 fully saturated rings. The highest BCUT2D eigenvalue weighted by atomic mass is 15.2. The van der Waals surface area contributed by atoms with Crippen molar-refractivity contribution in [3.8, 4) is 0 Å². The fourth-order valence-corrected chi connectivity index (χ4v) is 2.10. The fourth-order valence-electron chi connectivity index (χ4n) is 2.10. The molecule has 0 bridgehead atoms. The van der Waals surface area contributed by atoms with E-state index in [2.05, 4.69) is 23.8 Å². The Kier molecular flexibility index (Phi) is 4.70. The zero-order chi connectivity index (χ0) is 9.68. The molecular formula is C10H23N3. The highest BCUT2D eigenvalue weighted by Gasteiger charge is 2.20. The number of nitrogens with two attached hydrogens (primary N) is 1. The van der Waals surface area contributed by atoms with Gasteiger partial charge >= 0.3 is 0 Å². The predicted molar refractivity (Wildman–Crippen MR) is 56.8 cm³/mol. The fraction of sp³-hybridized carbons (Fsp3) is 1.00. The number of likely N-dealkylation sites (tertiary alicyclic amines) is 1. The van der Waals surface area contributed by atoms with Gasteiger partial charge in [-0.15, -0.1) is 0 Å². The van der Waals surface area contributed by atoms with E-state index in [0.717, 1.165) is 25.6 Å². The number of rotatable bonds is 5. The molecule has 3 heteroatoms. The number of likely N-dealkylation sites (N-methyl/N-ethyl adjacent to an activating group) is 1. The van der Waals surface area contributed by atoms with Crippen LogP contribution < -0.4 is 5.73 Å². The van der Waals surface area contributed by atoms with E-state index >= 15 is 0 Å². The van der Waals surface area contributed by atoms with E-state index in [0.29, 0.717) is 0 Å². The van der Waals surface area contributed by atoms with Crippen molar-refractivity contribution < 1.29 is 0 Å². The van der Waals surface area contributed by atoms with Gasteiger partial charge in [-0.2, -0.15) is 0 Å². The molecule has 0 amide bonds. The summed E-state index contributed by atoms with van der Waals surface area (Å²) in [5, 5.41) is 0. The van der Waals surface area contributed by atoms with E-state index in [1.807, 2.05) is 0 Å². The molecule has 1 aliphatic heterocycles. The summed E-state index contributed by atoms with van der Waals surface area (Å²) in [5.41, 5.74) is 5.55. The van der Waals surface area contributed by atoms with Crippen LogP contribution in [0.5, 0.6) is 0 Å². The first-order valence-corrected chi connectivity index (χ1v) is 5.37. The third-order valence-corrected chi connectivity index (χ3v) is 2.90. The lowest BCUT2D eigenvalue weighted by atomic mass is 10.1. The summed E-state index contributed by atoms with van der Waals surface area (Å²) >= 11 is 0. The van der Waals surface area contributed by atoms with Crippen LogP contribution in [-0.4, -0.2) is 56.1 Å². The number of nitrogens with zero attached hydrogens (tertiary/aromatic N) is 2. The van der Waals surface area contributed by atoms with Gasteiger partial charge in [-0.05, 0) is 32.5 Å². The van der Waals surface area contributed by atoms with Crippen LogP contribution in [0.3, 0.4) is 0 Å². The van der Waals surface area contributed by atoms with Crippen molar-refractivity contribution >= 4 is 0 Å². The second-order valence-corrected chi connectivity index (χ2v) is 4.10. The lowest BCUT2D eigenvalue weighted by Gasteiger charge is -2.23. The Morgan fingerprint density at radius 1 is 1.54 bits per heavy atom. The molecule has 0 unspecified atom stereocenters. The summed E-state index contributed by atoms with van der Waals surface area (Å²) in [7, 11) is 2.21. The minimum absolute atomic E-state index is 0.788. The molecule has 0 spiro atoms. The first-order valence-electron chi connectivity index (χ1n) is 5.37. The average Bonchev–Trinajstić information content (AvgIpc) is 2.50. The monoisotopic (exact) mass is 185 g/mol. The van der Waals surface area contributed by atoms with E-state index in [1.165, 1.54) is 26.1 Å². The molecule has 0 aromatic carbocycles. The van der Waals surface area contributed by atoms with Crippen LogP contribution in [0.1, 0.15) is 13.3 Å². The van der Waals surface area contributed by atoms with Crippen LogP contribution in [0, 0.1) is 5.92 Å². The molecule has 0 radical (unpaired) electrons. The predicted octanol–water partition coefficient (Wildman–Crippen LogP) is 0.219. The Morgan fingerprint density at radius 3 is 2.77 bits per heavy atom. The van der Waals surface area contributed by atoms with Gasteiger partial charge in [-0.25, -0.2) is 0 Å². The second-order valence-electron chi connectivity index (χ2n) is 4.10. The maximum atomic E-state index is 5.55. The van der Waals surface area contributed by atoms with Crippen LogP contribution >= 0.6 is 0 Å². The molecule has 2 N–H and O–H groups in total. The molecule has 1 rings (SSSR count). The van der Waals surface area contributed by atoms with Gasteiger partial charge in [0.05, 0.1) is 0 Å². The van der Waals surface area contributed by atoms with Gasteiger partial charge < -0.3 is 15.5 Å². The van der Waals surface area contributed by atoms with Crippen LogP contribution in [-0.2, 0) is 0 Å². The van der Waals surface area contributed by atoms with Crippen molar-refractivity contribution in [1.29, 1.82) is 0 Å². The Balaban J connectivity index is 2.21. The molecule has 0 aliphatic carbocycles. The van der Waals surface area contributed by atoms with Crippen molar-refractivity contribution in [3.63, 3.8) is 0 Å². The average molecular weight is 185 g/mol. The standard InChI is InChI=1S/C10H23N3/c1-3-13(7-5-11)9-10-4-6-12(2)8-10/h10H,3-9,11H2,1-2H3/t10-/m0/s1. The van der Waals surface area contributed by atoms with Crippen molar-refractivity contribution in [2.45, 2.75) is 13.3 Å². The van der Waals surface area contributed by atoms with E-state index in [1.54, 1.807) is 0 Å². The molecule has 1 aliphatic rings. The molecule has 0 aromatic heterocycles. The van der Waals surface area contributed by atoms with E-state index in [9.17, 15) is 0 Å². The van der Waals surface area contributed by atoms with Crippen LogP contribution in [0.2, 0.25) is 0 Å². The number of hydrogen-bond acceptors (Lipinski definition) is 3. The summed E-state index contributed by atoms with van der Waals surface area (Å²) in [6, 6.07) is 0. The number of hydrogen-bond donors (Lipinski definition) is 1. The minimum Gasteiger partial charge on any atom is -0.329 e. The summed E-state index contributed by atoms with van der Waals surface area (Å²) in [5.74, 6) is 0.872. The van der Waals surface area contributed by atoms with Crippen LogP contribution in [0.15, 0.2) is 0 Å². The van der Waals surface area contributed by atoms with Gasteiger partial charge in [0.15, 0.2) is 0 Å². The summed E-state index contributed by atoms with van der Waals surface area (Å²) in [6.07, 6.45) is 1.36. The Hall–Kier alpha value is -0.120. The maximum Gasteiger partial charge on any atom is 0.0105 e. The summed E-state index contributed by atoms with van der Waals surface area (Å²) in [4.78, 5) is 4.88. The Labute approximate surface area is 81.9 Å². The van der Waals surface area contributed by atoms with Crippen molar-refractivity contribution in [1.82, 2.24) is 9.80 Å². The lowest BCUT2D eigenvalue weighted by molar-refractivity contribution is 0.246. The van der Waals surface area contributed by atoms with Gasteiger partial charge in [0.25, 0.3) is 0 Å². The van der Waals surface area contributed by atoms with Crippen molar-refractivity contribution in [2.24, 2.45) is 11.7 Å². The minimum atomic E-state index is 0.788. The third-order valence-electron chi connectivity index (χ3n) is 2.90. The highest BCUT2D eigenvalue weighted by Crippen LogP contribution is 2.15. The molecule has 0 saturated carbocycles. The maximum absolute atomic E-state index is 5.55. The largest absolute Gasteiger partial charge is 0.329 e. The summed E-state index contributed by atoms with van der Waals surface area (Å²) in [6.45, 7) is 8.96. The molecule has 1 heterocycles. The molecule has 3 nitrogen and oxygen atoms in total. The van der Waals surface area contributed by atoms with Crippen molar-refractivity contribution in [3.05, 3.63) is 0 Å². The van der Waals surface area contributed by atoms with Gasteiger partial charge in [0, 0.05) is 26.2 Å². The van der Waals surface area contributed by atoms with Crippen molar-refractivity contribution in [2.75, 3.05) is 46.3 Å². The highest BCUT2D eigenvalue weighted by molar-refractivity contribution is 4.75. The molecule has 1 saturated heterocycles. The van der Waals surface area contributed by atoms with E-state index in [4.69, 9.17) is 5.73 Å².